The minimum absolute atomic E-state index is 0.150. The Balaban J connectivity index is 1.30. The summed E-state index contributed by atoms with van der Waals surface area (Å²) in [6.45, 7) is 3.23. The van der Waals surface area contributed by atoms with E-state index in [1.165, 1.54) is 25.6 Å². The second kappa shape index (κ2) is 10.5. The zero-order valence-corrected chi connectivity index (χ0v) is 20.0. The minimum Gasteiger partial charge on any atom is -0.361 e. The van der Waals surface area contributed by atoms with Crippen LogP contribution in [0, 0.1) is 0 Å². The molecule has 8 nitrogen and oxygen atoms in total. The van der Waals surface area contributed by atoms with Gasteiger partial charge in [0, 0.05) is 55.7 Å². The molecular formula is C24H30N4O4S. The van der Waals surface area contributed by atoms with Gasteiger partial charge in [0.05, 0.1) is 17.5 Å². The van der Waals surface area contributed by atoms with Gasteiger partial charge in [0.15, 0.2) is 6.29 Å². The van der Waals surface area contributed by atoms with Crippen LogP contribution in [-0.4, -0.2) is 66.3 Å². The van der Waals surface area contributed by atoms with Gasteiger partial charge in [-0.25, -0.2) is 4.98 Å². The molecule has 1 aliphatic heterocycles. The summed E-state index contributed by atoms with van der Waals surface area (Å²) in [5.41, 5.74) is 2.49. The van der Waals surface area contributed by atoms with Crippen LogP contribution >= 0.6 is 11.3 Å². The lowest BCUT2D eigenvalue weighted by atomic mass is 9.97. The van der Waals surface area contributed by atoms with Crippen LogP contribution in [0.1, 0.15) is 46.7 Å². The van der Waals surface area contributed by atoms with Crippen molar-refractivity contribution in [3.8, 4) is 0 Å². The van der Waals surface area contributed by atoms with E-state index >= 15 is 0 Å². The molecule has 1 aliphatic rings. The summed E-state index contributed by atoms with van der Waals surface area (Å²) >= 11 is 1.50. The summed E-state index contributed by atoms with van der Waals surface area (Å²) in [4.78, 5) is 35.2. The van der Waals surface area contributed by atoms with Crippen LogP contribution in [0.2, 0.25) is 0 Å². The van der Waals surface area contributed by atoms with Gasteiger partial charge in [-0.15, -0.1) is 11.3 Å². The highest BCUT2D eigenvalue weighted by Crippen LogP contribution is 2.31. The molecule has 3 aromatic rings. The van der Waals surface area contributed by atoms with Gasteiger partial charge in [-0.1, -0.05) is 18.2 Å². The van der Waals surface area contributed by atoms with Crippen molar-refractivity contribution in [1.29, 1.82) is 0 Å². The van der Waals surface area contributed by atoms with Crippen molar-refractivity contribution < 1.29 is 19.1 Å². The molecule has 2 aromatic heterocycles. The number of carbonyl (C=O) groups is 2. The molecule has 1 atom stereocenters. The maximum absolute atomic E-state index is 12.9. The average molecular weight is 471 g/mol. The van der Waals surface area contributed by atoms with Gasteiger partial charge < -0.3 is 24.7 Å². The van der Waals surface area contributed by atoms with E-state index < -0.39 is 6.29 Å². The number of ether oxygens (including phenoxy) is 2. The number of nitrogens with zero attached hydrogens (tertiary/aromatic N) is 2. The Morgan fingerprint density at radius 3 is 2.70 bits per heavy atom. The van der Waals surface area contributed by atoms with E-state index in [0.717, 1.165) is 34.3 Å². The number of nitrogens with one attached hydrogen (secondary N) is 2. The molecule has 176 valence electrons. The molecule has 9 heteroatoms. The molecule has 33 heavy (non-hydrogen) atoms. The number of aromatic amines is 1. The number of hydrogen-bond donors (Lipinski definition) is 2. The van der Waals surface area contributed by atoms with Gasteiger partial charge >= 0.3 is 0 Å². The first kappa shape index (κ1) is 23.4. The molecule has 2 amide bonds. The van der Waals surface area contributed by atoms with E-state index in [4.69, 9.17) is 9.47 Å². The molecule has 0 aliphatic carbocycles. The van der Waals surface area contributed by atoms with Crippen LogP contribution < -0.4 is 5.32 Å². The van der Waals surface area contributed by atoms with E-state index in [1.54, 1.807) is 5.38 Å². The average Bonchev–Trinajstić information content (AvgIpc) is 3.48. The summed E-state index contributed by atoms with van der Waals surface area (Å²) in [5.74, 6) is 0.171. The van der Waals surface area contributed by atoms with Crippen molar-refractivity contribution in [2.75, 3.05) is 27.3 Å². The van der Waals surface area contributed by atoms with E-state index in [-0.39, 0.29) is 23.8 Å². The fourth-order valence-corrected chi connectivity index (χ4v) is 5.33. The zero-order chi connectivity index (χ0) is 23.4. The second-order valence-corrected chi connectivity index (χ2v) is 9.25. The smallest absolute Gasteiger partial charge is 0.271 e. The Labute approximate surface area is 197 Å². The molecule has 1 saturated heterocycles. The third-order valence-corrected chi connectivity index (χ3v) is 7.21. The number of fused-ring (bicyclic) bond motifs is 1. The van der Waals surface area contributed by atoms with Crippen molar-refractivity contribution in [2.45, 2.75) is 44.4 Å². The van der Waals surface area contributed by atoms with Crippen molar-refractivity contribution >= 4 is 34.1 Å². The Bertz CT molecular complexity index is 1100. The third-order valence-electron chi connectivity index (χ3n) is 6.20. The summed E-state index contributed by atoms with van der Waals surface area (Å²) < 4.78 is 10.4. The topological polar surface area (TPSA) is 96.5 Å². The number of methoxy groups -OCH3 is 2. The van der Waals surface area contributed by atoms with Crippen molar-refractivity contribution in [1.82, 2.24) is 20.2 Å². The lowest BCUT2D eigenvalue weighted by molar-refractivity contribution is -0.131. The van der Waals surface area contributed by atoms with Gasteiger partial charge in [0.25, 0.3) is 5.91 Å². The zero-order valence-electron chi connectivity index (χ0n) is 19.2. The summed E-state index contributed by atoms with van der Waals surface area (Å²) in [7, 11) is 3.07. The highest BCUT2D eigenvalue weighted by Gasteiger charge is 2.27. The van der Waals surface area contributed by atoms with Crippen LogP contribution in [0.4, 0.5) is 0 Å². The summed E-state index contributed by atoms with van der Waals surface area (Å²) in [5, 5.41) is 6.72. The Hall–Kier alpha value is -2.75. The molecule has 2 N–H and O–H groups in total. The number of hydrogen-bond acceptors (Lipinski definition) is 6. The Kier molecular flexibility index (Phi) is 7.42. The van der Waals surface area contributed by atoms with Gasteiger partial charge in [0.2, 0.25) is 5.91 Å². The molecule has 3 heterocycles. The van der Waals surface area contributed by atoms with Crippen LogP contribution in [0.15, 0.2) is 35.8 Å². The number of piperidine rings is 1. The Morgan fingerprint density at radius 1 is 1.24 bits per heavy atom. The molecule has 1 fully saturated rings. The first-order chi connectivity index (χ1) is 16.0. The first-order valence-corrected chi connectivity index (χ1v) is 12.0. The molecule has 0 spiro atoms. The predicted octanol–water partition coefficient (Wildman–Crippen LogP) is 3.31. The maximum Gasteiger partial charge on any atom is 0.271 e. The highest BCUT2D eigenvalue weighted by atomic mass is 32.1. The van der Waals surface area contributed by atoms with Gasteiger partial charge in [-0.2, -0.15) is 0 Å². The van der Waals surface area contributed by atoms with E-state index in [1.807, 2.05) is 42.3 Å². The minimum atomic E-state index is -0.516. The third kappa shape index (κ3) is 5.26. The largest absolute Gasteiger partial charge is 0.361 e. The van der Waals surface area contributed by atoms with Crippen molar-refractivity contribution in [3.05, 3.63) is 52.1 Å². The number of H-pyrrole nitrogens is 1. The van der Waals surface area contributed by atoms with Crippen LogP contribution in [0.3, 0.4) is 0 Å². The number of likely N-dealkylation sites (tertiary alicyclic amines) is 1. The number of rotatable bonds is 8. The molecule has 0 saturated carbocycles. The predicted molar refractivity (Wildman–Crippen MR) is 127 cm³/mol. The number of aromatic nitrogens is 2. The monoisotopic (exact) mass is 470 g/mol. The number of amides is 2. The standard InChI is InChI=1S/C24H30N4O4S/c1-15(24(31-2)32-3)26-22(30)20-14-33-23(27-20)16-8-10-28(11-9-16)21(29)12-17-13-25-19-7-5-4-6-18(17)19/h4-7,13-16,24-25H,8-12H2,1-3H3,(H,26,30). The molecular weight excluding hydrogens is 440 g/mol. The number of thiazole rings is 1. The number of benzene rings is 1. The van der Waals surface area contributed by atoms with Crippen LogP contribution in [0.25, 0.3) is 10.9 Å². The Morgan fingerprint density at radius 2 is 1.97 bits per heavy atom. The lowest BCUT2D eigenvalue weighted by Crippen LogP contribution is -2.43. The normalized spacial score (nSPS) is 15.8. The summed E-state index contributed by atoms with van der Waals surface area (Å²) in [6, 6.07) is 7.74. The van der Waals surface area contributed by atoms with Crippen LogP contribution in [0.5, 0.6) is 0 Å². The van der Waals surface area contributed by atoms with Gasteiger partial charge in [-0.05, 0) is 31.4 Å². The maximum atomic E-state index is 12.9. The first-order valence-electron chi connectivity index (χ1n) is 11.1. The highest BCUT2D eigenvalue weighted by molar-refractivity contribution is 7.09. The van der Waals surface area contributed by atoms with E-state index in [9.17, 15) is 9.59 Å². The second-order valence-electron chi connectivity index (χ2n) is 8.36. The fraction of sp³-hybridized carbons (Fsp3) is 0.458. The van der Waals surface area contributed by atoms with Crippen molar-refractivity contribution in [2.24, 2.45) is 0 Å². The number of carbonyl (C=O) groups excluding carboxylic acids is 2. The SMILES string of the molecule is COC(OC)C(C)NC(=O)c1csc(C2CCN(C(=O)Cc3c[nH]c4ccccc34)CC2)n1. The molecule has 0 radical (unpaired) electrons. The quantitative estimate of drug-likeness (QED) is 0.493. The fourth-order valence-electron chi connectivity index (χ4n) is 4.36. The van der Waals surface area contributed by atoms with E-state index in [2.05, 4.69) is 15.3 Å². The lowest BCUT2D eigenvalue weighted by Gasteiger charge is -2.31. The summed E-state index contributed by atoms with van der Waals surface area (Å²) in [6.07, 6.45) is 3.51. The number of para-hydroxylation sites is 1. The van der Waals surface area contributed by atoms with Crippen molar-refractivity contribution in [3.63, 3.8) is 0 Å². The van der Waals surface area contributed by atoms with Gasteiger partial charge in [-0.3, -0.25) is 9.59 Å². The molecule has 4 rings (SSSR count). The molecule has 1 unspecified atom stereocenters. The van der Waals surface area contributed by atoms with E-state index in [0.29, 0.717) is 25.2 Å². The molecule has 1 aromatic carbocycles. The van der Waals surface area contributed by atoms with Crippen LogP contribution in [-0.2, 0) is 20.7 Å². The molecule has 0 bridgehead atoms. The van der Waals surface area contributed by atoms with Gasteiger partial charge in [0.1, 0.15) is 5.69 Å².